The van der Waals surface area contributed by atoms with Gasteiger partial charge in [-0.25, -0.2) is 0 Å². The summed E-state index contributed by atoms with van der Waals surface area (Å²) in [4.78, 5) is 0. The van der Waals surface area contributed by atoms with Gasteiger partial charge in [-0.3, -0.25) is 0 Å². The number of benzene rings is 1. The molecule has 0 aliphatic carbocycles. The highest BCUT2D eigenvalue weighted by atomic mass is 32.2. The van der Waals surface area contributed by atoms with Crippen molar-refractivity contribution >= 4 is 11.8 Å². The van der Waals surface area contributed by atoms with Gasteiger partial charge in [0.15, 0.2) is 0 Å². The lowest BCUT2D eigenvalue weighted by Gasteiger charge is -2.14. The summed E-state index contributed by atoms with van der Waals surface area (Å²) in [6.45, 7) is 2.28. The standard InChI is InChI=1S/C14H19NOS/c1-3-13(16-14-6-8-17-10-14)4-2-11(1)12-5-7-15-9-12/h1-4,12,14-15H,5-10H2. The van der Waals surface area contributed by atoms with Crippen LogP contribution in [0.25, 0.3) is 0 Å². The van der Waals surface area contributed by atoms with E-state index in [1.807, 2.05) is 11.8 Å². The van der Waals surface area contributed by atoms with Crippen LogP contribution < -0.4 is 10.1 Å². The maximum atomic E-state index is 5.96. The fourth-order valence-corrected chi connectivity index (χ4v) is 3.65. The Kier molecular flexibility index (Phi) is 3.57. The average Bonchev–Trinajstić information content (AvgIpc) is 3.01. The maximum Gasteiger partial charge on any atom is 0.119 e. The molecule has 2 aliphatic rings. The van der Waals surface area contributed by atoms with E-state index in [1.54, 1.807) is 0 Å². The molecule has 0 saturated carbocycles. The molecule has 0 aromatic heterocycles. The number of thioether (sulfide) groups is 1. The highest BCUT2D eigenvalue weighted by Crippen LogP contribution is 2.26. The molecule has 2 fully saturated rings. The largest absolute Gasteiger partial charge is 0.490 e. The fourth-order valence-electron chi connectivity index (χ4n) is 2.56. The van der Waals surface area contributed by atoms with Crippen molar-refractivity contribution in [3.63, 3.8) is 0 Å². The summed E-state index contributed by atoms with van der Waals surface area (Å²) in [6, 6.07) is 8.73. The van der Waals surface area contributed by atoms with Crippen molar-refractivity contribution in [3.05, 3.63) is 29.8 Å². The molecule has 3 rings (SSSR count). The molecule has 2 nitrogen and oxygen atoms in total. The Morgan fingerprint density at radius 2 is 2.06 bits per heavy atom. The van der Waals surface area contributed by atoms with Gasteiger partial charge in [0.25, 0.3) is 0 Å². The lowest BCUT2D eigenvalue weighted by molar-refractivity contribution is 0.229. The number of hydrogen-bond acceptors (Lipinski definition) is 3. The second-order valence-corrected chi connectivity index (χ2v) is 6.01. The molecule has 2 atom stereocenters. The summed E-state index contributed by atoms with van der Waals surface area (Å²) in [6.07, 6.45) is 2.89. The molecule has 2 heterocycles. The molecule has 0 bridgehead atoms. The summed E-state index contributed by atoms with van der Waals surface area (Å²) in [5, 5.41) is 3.41. The SMILES string of the molecule is c1cc(C2CCNC2)ccc1OC1CCSC1. The Balaban J connectivity index is 1.62. The van der Waals surface area contributed by atoms with Gasteiger partial charge in [-0.2, -0.15) is 11.8 Å². The van der Waals surface area contributed by atoms with E-state index in [-0.39, 0.29) is 0 Å². The van der Waals surface area contributed by atoms with Crippen LogP contribution in [0.1, 0.15) is 24.3 Å². The minimum Gasteiger partial charge on any atom is -0.490 e. The van der Waals surface area contributed by atoms with Gasteiger partial charge in [-0.05, 0) is 48.8 Å². The highest BCUT2D eigenvalue weighted by molar-refractivity contribution is 7.99. The van der Waals surface area contributed by atoms with Crippen LogP contribution in [0.3, 0.4) is 0 Å². The van der Waals surface area contributed by atoms with Gasteiger partial charge >= 0.3 is 0 Å². The zero-order chi connectivity index (χ0) is 11.5. The molecule has 2 saturated heterocycles. The molecule has 3 heteroatoms. The molecule has 2 unspecified atom stereocenters. The highest BCUT2D eigenvalue weighted by Gasteiger charge is 2.18. The summed E-state index contributed by atoms with van der Waals surface area (Å²) in [7, 11) is 0. The van der Waals surface area contributed by atoms with Crippen molar-refractivity contribution in [2.75, 3.05) is 24.6 Å². The van der Waals surface area contributed by atoms with Gasteiger partial charge < -0.3 is 10.1 Å². The van der Waals surface area contributed by atoms with E-state index in [1.165, 1.54) is 24.2 Å². The summed E-state index contributed by atoms with van der Waals surface area (Å²) in [5.74, 6) is 4.13. The molecular weight excluding hydrogens is 230 g/mol. The first kappa shape index (κ1) is 11.4. The number of nitrogens with one attached hydrogen (secondary N) is 1. The third-order valence-electron chi connectivity index (χ3n) is 3.60. The summed E-state index contributed by atoms with van der Waals surface area (Å²) < 4.78 is 5.96. The Hall–Kier alpha value is -0.670. The molecular formula is C14H19NOS. The van der Waals surface area contributed by atoms with Gasteiger partial charge in [0, 0.05) is 12.3 Å². The Morgan fingerprint density at radius 1 is 1.18 bits per heavy atom. The van der Waals surface area contributed by atoms with E-state index in [2.05, 4.69) is 29.6 Å². The van der Waals surface area contributed by atoms with Crippen molar-refractivity contribution in [1.82, 2.24) is 5.32 Å². The minimum atomic E-state index is 0.430. The molecule has 2 aliphatic heterocycles. The molecule has 1 N–H and O–H groups in total. The van der Waals surface area contributed by atoms with Crippen LogP contribution in [0.4, 0.5) is 0 Å². The zero-order valence-electron chi connectivity index (χ0n) is 10.0. The number of rotatable bonds is 3. The average molecular weight is 249 g/mol. The molecule has 1 aromatic rings. The molecule has 1 aromatic carbocycles. The minimum absolute atomic E-state index is 0.430. The van der Waals surface area contributed by atoms with Crippen LogP contribution in [0.15, 0.2) is 24.3 Å². The Morgan fingerprint density at radius 3 is 2.71 bits per heavy atom. The predicted molar refractivity (Wildman–Crippen MR) is 73.0 cm³/mol. The second kappa shape index (κ2) is 5.32. The summed E-state index contributed by atoms with van der Waals surface area (Å²) in [5.41, 5.74) is 1.45. The topological polar surface area (TPSA) is 21.3 Å². The lowest BCUT2D eigenvalue weighted by Crippen LogP contribution is -2.14. The first-order valence-corrected chi connectivity index (χ1v) is 7.62. The first-order chi connectivity index (χ1) is 8.42. The normalized spacial score (nSPS) is 28.5. The van der Waals surface area contributed by atoms with E-state index >= 15 is 0 Å². The van der Waals surface area contributed by atoms with Crippen molar-refractivity contribution in [3.8, 4) is 5.75 Å². The summed E-state index contributed by atoms with van der Waals surface area (Å²) >= 11 is 1.99. The molecule has 17 heavy (non-hydrogen) atoms. The molecule has 0 spiro atoms. The predicted octanol–water partition coefficient (Wildman–Crippen LogP) is 2.65. The van der Waals surface area contributed by atoms with E-state index in [0.29, 0.717) is 12.0 Å². The van der Waals surface area contributed by atoms with Crippen LogP contribution in [0, 0.1) is 0 Å². The van der Waals surface area contributed by atoms with Crippen LogP contribution in [-0.2, 0) is 0 Å². The van der Waals surface area contributed by atoms with Gasteiger partial charge in [-0.15, -0.1) is 0 Å². The van der Waals surface area contributed by atoms with Crippen LogP contribution in [0.5, 0.6) is 5.75 Å². The van der Waals surface area contributed by atoms with Crippen molar-refractivity contribution in [1.29, 1.82) is 0 Å². The van der Waals surface area contributed by atoms with E-state index in [9.17, 15) is 0 Å². The van der Waals surface area contributed by atoms with E-state index in [4.69, 9.17) is 4.74 Å². The Bertz CT molecular complexity index is 353. The van der Waals surface area contributed by atoms with E-state index < -0.39 is 0 Å². The van der Waals surface area contributed by atoms with Crippen LogP contribution in [0.2, 0.25) is 0 Å². The third-order valence-corrected chi connectivity index (χ3v) is 4.73. The van der Waals surface area contributed by atoms with Gasteiger partial charge in [0.2, 0.25) is 0 Å². The van der Waals surface area contributed by atoms with Crippen LogP contribution >= 0.6 is 11.8 Å². The second-order valence-electron chi connectivity index (χ2n) is 4.86. The molecule has 92 valence electrons. The van der Waals surface area contributed by atoms with Crippen molar-refractivity contribution in [2.45, 2.75) is 24.9 Å². The zero-order valence-corrected chi connectivity index (χ0v) is 10.8. The van der Waals surface area contributed by atoms with Gasteiger partial charge in [0.1, 0.15) is 11.9 Å². The van der Waals surface area contributed by atoms with Crippen LogP contribution in [-0.4, -0.2) is 30.7 Å². The fraction of sp³-hybridized carbons (Fsp3) is 0.571. The number of hydrogen-bond donors (Lipinski definition) is 1. The first-order valence-electron chi connectivity index (χ1n) is 6.47. The van der Waals surface area contributed by atoms with Gasteiger partial charge in [0.05, 0.1) is 0 Å². The Labute approximate surface area is 107 Å². The maximum absolute atomic E-state index is 5.96. The third kappa shape index (κ3) is 2.78. The van der Waals surface area contributed by atoms with E-state index in [0.717, 1.165) is 24.6 Å². The van der Waals surface area contributed by atoms with Crippen molar-refractivity contribution in [2.24, 2.45) is 0 Å². The quantitative estimate of drug-likeness (QED) is 0.890. The monoisotopic (exact) mass is 249 g/mol. The molecule has 0 amide bonds. The van der Waals surface area contributed by atoms with Gasteiger partial charge in [-0.1, -0.05) is 12.1 Å². The van der Waals surface area contributed by atoms with Crippen molar-refractivity contribution < 1.29 is 4.74 Å². The number of ether oxygens (including phenoxy) is 1. The lowest BCUT2D eigenvalue weighted by atomic mass is 9.98. The molecule has 0 radical (unpaired) electrons. The smallest absolute Gasteiger partial charge is 0.119 e.